The van der Waals surface area contributed by atoms with Gasteiger partial charge in [0.15, 0.2) is 6.29 Å². The molecule has 7 atom stereocenters. The monoisotopic (exact) mass is 1210 g/mol. The number of hydrogen-bond acceptors (Lipinski definition) is 8. The number of amides is 1. The van der Waals surface area contributed by atoms with E-state index in [0.717, 1.165) is 38.5 Å². The van der Waals surface area contributed by atoms with Crippen molar-refractivity contribution in [2.45, 2.75) is 468 Å². The smallest absolute Gasteiger partial charge is 0.220 e. The molecular weight excluding hydrogens is 1050 g/mol. The lowest BCUT2D eigenvalue weighted by atomic mass is 9.99. The van der Waals surface area contributed by atoms with Crippen molar-refractivity contribution >= 4 is 5.91 Å². The Bertz CT molecular complexity index is 1300. The van der Waals surface area contributed by atoms with Gasteiger partial charge in [-0.05, 0) is 12.8 Å². The van der Waals surface area contributed by atoms with Gasteiger partial charge in [0.1, 0.15) is 24.4 Å². The average molecular weight is 1210 g/mol. The summed E-state index contributed by atoms with van der Waals surface area (Å²) in [5.74, 6) is -0.132. The first-order valence-corrected chi connectivity index (χ1v) is 38.7. The first-order chi connectivity index (χ1) is 41.8. The number of ether oxygens (including phenoxy) is 2. The third-order valence-corrected chi connectivity index (χ3v) is 19.2. The first-order valence-electron chi connectivity index (χ1n) is 38.7. The quantitative estimate of drug-likeness (QED) is 0.0330. The molecule has 0 aromatic heterocycles. The van der Waals surface area contributed by atoms with Crippen molar-refractivity contribution in [2.75, 3.05) is 13.2 Å². The van der Waals surface area contributed by atoms with Crippen LogP contribution >= 0.6 is 0 Å². The van der Waals surface area contributed by atoms with Gasteiger partial charge in [-0.2, -0.15) is 0 Å². The summed E-state index contributed by atoms with van der Waals surface area (Å²) >= 11 is 0. The highest BCUT2D eigenvalue weighted by Gasteiger charge is 2.44. The SMILES string of the molecule is CCCCCCCCCCCCCCCCCCCCCCCCCCCCCCCCCCCCC(=O)NC(COC1OC(CO)C(O)C(O)C1O)C(O)CCCCCCCCCCCCCCCCCCCCCCCCCCCCCC. The van der Waals surface area contributed by atoms with Crippen LogP contribution in [0, 0.1) is 0 Å². The highest BCUT2D eigenvalue weighted by molar-refractivity contribution is 5.76. The van der Waals surface area contributed by atoms with Crippen LogP contribution in [0.3, 0.4) is 0 Å². The van der Waals surface area contributed by atoms with Gasteiger partial charge in [0.2, 0.25) is 5.91 Å². The molecule has 508 valence electrons. The minimum Gasteiger partial charge on any atom is -0.394 e. The van der Waals surface area contributed by atoms with E-state index in [-0.39, 0.29) is 12.5 Å². The van der Waals surface area contributed by atoms with Gasteiger partial charge in [0, 0.05) is 6.42 Å². The zero-order chi connectivity index (χ0) is 61.4. The molecule has 0 bridgehead atoms. The Hall–Kier alpha value is -0.810. The molecule has 0 saturated carbocycles. The molecule has 0 aliphatic carbocycles. The van der Waals surface area contributed by atoms with E-state index in [1.807, 2.05) is 0 Å². The number of nitrogens with one attached hydrogen (secondary N) is 1. The van der Waals surface area contributed by atoms with Gasteiger partial charge in [-0.25, -0.2) is 0 Å². The maximum absolute atomic E-state index is 13.2. The molecule has 1 aliphatic rings. The summed E-state index contributed by atoms with van der Waals surface area (Å²) in [4.78, 5) is 13.2. The number of aliphatic hydroxyl groups is 5. The van der Waals surface area contributed by atoms with Crippen molar-refractivity contribution in [3.05, 3.63) is 0 Å². The molecule has 0 aromatic rings. The van der Waals surface area contributed by atoms with E-state index in [2.05, 4.69) is 19.2 Å². The molecule has 1 saturated heterocycles. The van der Waals surface area contributed by atoms with Crippen LogP contribution in [0.15, 0.2) is 0 Å². The number of unbranched alkanes of at least 4 members (excludes halogenated alkanes) is 60. The zero-order valence-corrected chi connectivity index (χ0v) is 57.2. The van der Waals surface area contributed by atoms with E-state index in [4.69, 9.17) is 9.47 Å². The lowest BCUT2D eigenvalue weighted by molar-refractivity contribution is -0.302. The Morgan fingerprint density at radius 3 is 0.835 bits per heavy atom. The molecule has 0 spiro atoms. The van der Waals surface area contributed by atoms with Crippen molar-refractivity contribution in [1.82, 2.24) is 5.32 Å². The summed E-state index contributed by atoms with van der Waals surface area (Å²) in [7, 11) is 0. The van der Waals surface area contributed by atoms with Crippen LogP contribution in [0.25, 0.3) is 0 Å². The lowest BCUT2D eigenvalue weighted by Gasteiger charge is -2.40. The molecule has 7 unspecified atom stereocenters. The molecule has 9 nitrogen and oxygen atoms in total. The van der Waals surface area contributed by atoms with Crippen molar-refractivity contribution in [1.29, 1.82) is 0 Å². The van der Waals surface area contributed by atoms with Crippen LogP contribution in [-0.4, -0.2) is 87.5 Å². The second-order valence-corrected chi connectivity index (χ2v) is 27.5. The van der Waals surface area contributed by atoms with E-state index in [1.54, 1.807) is 0 Å². The fourth-order valence-corrected chi connectivity index (χ4v) is 13.2. The maximum atomic E-state index is 13.2. The Morgan fingerprint density at radius 2 is 0.588 bits per heavy atom. The number of aliphatic hydroxyl groups excluding tert-OH is 5. The van der Waals surface area contributed by atoms with Gasteiger partial charge in [0.05, 0.1) is 25.4 Å². The predicted molar refractivity (Wildman–Crippen MR) is 364 cm³/mol. The summed E-state index contributed by atoms with van der Waals surface area (Å²) in [5, 5.41) is 55.0. The molecule has 6 N–H and O–H groups in total. The Balaban J connectivity index is 2.05. The number of carbonyl (C=O) groups is 1. The van der Waals surface area contributed by atoms with E-state index < -0.39 is 49.5 Å². The van der Waals surface area contributed by atoms with Gasteiger partial charge in [0.25, 0.3) is 0 Å². The van der Waals surface area contributed by atoms with Crippen molar-refractivity contribution in [3.8, 4) is 0 Å². The summed E-state index contributed by atoms with van der Waals surface area (Å²) in [6.07, 6.45) is 77.8. The van der Waals surface area contributed by atoms with Crippen molar-refractivity contribution in [3.63, 3.8) is 0 Å². The Morgan fingerprint density at radius 1 is 0.353 bits per heavy atom. The lowest BCUT2D eigenvalue weighted by Crippen LogP contribution is -2.60. The molecule has 85 heavy (non-hydrogen) atoms. The highest BCUT2D eigenvalue weighted by Crippen LogP contribution is 2.24. The summed E-state index contributed by atoms with van der Waals surface area (Å²) in [6, 6.07) is -0.716. The minimum atomic E-state index is -1.55. The largest absolute Gasteiger partial charge is 0.394 e. The molecule has 0 aromatic carbocycles. The van der Waals surface area contributed by atoms with Crippen LogP contribution in [0.1, 0.15) is 425 Å². The Kier molecular flexibility index (Phi) is 63.9. The van der Waals surface area contributed by atoms with Gasteiger partial charge in [-0.15, -0.1) is 0 Å². The summed E-state index contributed by atoms with van der Waals surface area (Å²) < 4.78 is 11.4. The normalized spacial score (nSPS) is 17.9. The van der Waals surface area contributed by atoms with E-state index >= 15 is 0 Å². The predicted octanol–water partition coefficient (Wildman–Crippen LogP) is 21.7. The van der Waals surface area contributed by atoms with Crippen LogP contribution in [0.5, 0.6) is 0 Å². The van der Waals surface area contributed by atoms with Crippen molar-refractivity contribution < 1.29 is 39.8 Å². The molecule has 1 aliphatic heterocycles. The second-order valence-electron chi connectivity index (χ2n) is 27.5. The van der Waals surface area contributed by atoms with E-state index in [0.29, 0.717) is 12.8 Å². The molecule has 1 heterocycles. The fourth-order valence-electron chi connectivity index (χ4n) is 13.2. The molecule has 9 heteroatoms. The van der Waals surface area contributed by atoms with Crippen LogP contribution in [-0.2, 0) is 14.3 Å². The number of rotatable bonds is 70. The van der Waals surface area contributed by atoms with Gasteiger partial charge < -0.3 is 40.3 Å². The fraction of sp³-hybridized carbons (Fsp3) is 0.987. The highest BCUT2D eigenvalue weighted by atomic mass is 16.7. The van der Waals surface area contributed by atoms with Crippen LogP contribution in [0.2, 0.25) is 0 Å². The molecular formula is C76H151NO8. The number of hydrogen-bond donors (Lipinski definition) is 6. The van der Waals surface area contributed by atoms with Gasteiger partial charge in [-0.1, -0.05) is 406 Å². The molecule has 1 rings (SSSR count). The minimum absolute atomic E-state index is 0.130. The zero-order valence-electron chi connectivity index (χ0n) is 57.2. The van der Waals surface area contributed by atoms with Crippen LogP contribution < -0.4 is 5.32 Å². The van der Waals surface area contributed by atoms with E-state index in [9.17, 15) is 30.3 Å². The molecule has 1 fully saturated rings. The average Bonchev–Trinajstić information content (AvgIpc) is 3.71. The van der Waals surface area contributed by atoms with Gasteiger partial charge >= 0.3 is 0 Å². The third kappa shape index (κ3) is 54.6. The third-order valence-electron chi connectivity index (χ3n) is 19.2. The van der Waals surface area contributed by atoms with Crippen molar-refractivity contribution in [2.24, 2.45) is 0 Å². The topological polar surface area (TPSA) is 149 Å². The summed E-state index contributed by atoms with van der Waals surface area (Å²) in [6.45, 7) is 3.92. The molecule has 0 radical (unpaired) electrons. The number of carbonyl (C=O) groups excluding carboxylic acids is 1. The molecule has 1 amide bonds. The van der Waals surface area contributed by atoms with Gasteiger partial charge in [-0.3, -0.25) is 4.79 Å². The Labute approximate surface area is 529 Å². The van der Waals surface area contributed by atoms with E-state index in [1.165, 1.54) is 360 Å². The summed E-state index contributed by atoms with van der Waals surface area (Å²) in [5.41, 5.74) is 0. The maximum Gasteiger partial charge on any atom is 0.220 e. The standard InChI is InChI=1S/C76H151NO8/c1-3-5-7-9-11-13-15-17-19-21-23-25-27-29-31-33-34-35-36-37-38-40-42-44-46-48-50-52-54-56-58-60-62-64-66-72(80)77-69(68-84-76-75(83)74(82)73(81)71(67-78)85-76)70(79)65-63-61-59-57-55-53-51-49-47-45-43-41-39-32-30-28-26-24-22-20-18-16-14-12-10-8-6-4-2/h69-71,73-76,78-79,81-83H,3-68H2,1-2H3,(H,77,80). The second kappa shape index (κ2) is 66.1. The first kappa shape index (κ1) is 82.2. The van der Waals surface area contributed by atoms with Crippen LogP contribution in [0.4, 0.5) is 0 Å².